The Balaban J connectivity index is 1.28. The Bertz CT molecular complexity index is 1490. The largest absolute Gasteiger partial charge is 0.454 e. The zero-order chi connectivity index (χ0) is 26.1. The van der Waals surface area contributed by atoms with Crippen LogP contribution in [0.5, 0.6) is 11.5 Å². The van der Waals surface area contributed by atoms with Crippen molar-refractivity contribution in [1.82, 2.24) is 35.0 Å². The Labute approximate surface area is 219 Å². The molecule has 1 saturated heterocycles. The van der Waals surface area contributed by atoms with E-state index in [9.17, 15) is 4.79 Å². The van der Waals surface area contributed by atoms with Crippen LogP contribution in [0.3, 0.4) is 0 Å². The van der Waals surface area contributed by atoms with Crippen LogP contribution in [0.2, 0.25) is 0 Å². The first kappa shape index (κ1) is 24.5. The molecule has 0 unspecified atom stereocenters. The van der Waals surface area contributed by atoms with E-state index in [2.05, 4.69) is 48.5 Å². The number of hydrogen-bond donors (Lipinski definition) is 1. The van der Waals surface area contributed by atoms with Gasteiger partial charge < -0.3 is 19.2 Å². The second-order valence-electron chi connectivity index (χ2n) is 9.80. The summed E-state index contributed by atoms with van der Waals surface area (Å²) >= 11 is 0. The molecule has 11 nitrogen and oxygen atoms in total. The van der Waals surface area contributed by atoms with Crippen molar-refractivity contribution < 1.29 is 14.2 Å². The van der Waals surface area contributed by atoms with Crippen LogP contribution in [0.25, 0.3) is 10.9 Å². The highest BCUT2D eigenvalue weighted by molar-refractivity contribution is 5.79. The minimum Gasteiger partial charge on any atom is -0.454 e. The first-order valence-electron chi connectivity index (χ1n) is 12.8. The Morgan fingerprint density at radius 1 is 1.05 bits per heavy atom. The highest BCUT2D eigenvalue weighted by Crippen LogP contribution is 2.33. The molecule has 2 aromatic heterocycles. The summed E-state index contributed by atoms with van der Waals surface area (Å²) in [5.74, 6) is 2.24. The number of methoxy groups -OCH3 is 1. The van der Waals surface area contributed by atoms with Crippen molar-refractivity contribution in [2.24, 2.45) is 0 Å². The average Bonchev–Trinajstić information content (AvgIpc) is 3.58. The van der Waals surface area contributed by atoms with Gasteiger partial charge in [-0.25, -0.2) is 4.68 Å². The SMILES string of the molecule is COCCn1nnnc1[C@H](c1cc2cc(C)ccc2[nH]c1=O)N1CCN(Cc2ccc3c(c2)OCO3)CC1. The summed E-state index contributed by atoms with van der Waals surface area (Å²) in [5, 5.41) is 13.5. The fourth-order valence-electron chi connectivity index (χ4n) is 5.27. The molecule has 4 aromatic rings. The topological polar surface area (TPSA) is 111 Å². The number of nitrogens with one attached hydrogen (secondary N) is 1. The number of hydrogen-bond acceptors (Lipinski definition) is 9. The number of ether oxygens (including phenoxy) is 3. The molecule has 0 radical (unpaired) electrons. The van der Waals surface area contributed by atoms with Gasteiger partial charge in [0.2, 0.25) is 6.79 Å². The van der Waals surface area contributed by atoms with Crippen LogP contribution in [0.4, 0.5) is 0 Å². The number of piperazine rings is 1. The highest BCUT2D eigenvalue weighted by Gasteiger charge is 2.32. The van der Waals surface area contributed by atoms with Gasteiger partial charge in [0.05, 0.1) is 13.2 Å². The molecule has 1 N–H and O–H groups in total. The van der Waals surface area contributed by atoms with Crippen molar-refractivity contribution in [2.75, 3.05) is 46.7 Å². The molecule has 2 aromatic carbocycles. The minimum atomic E-state index is -0.386. The number of rotatable bonds is 8. The molecule has 2 aliphatic heterocycles. The van der Waals surface area contributed by atoms with E-state index in [1.165, 1.54) is 5.56 Å². The number of fused-ring (bicyclic) bond motifs is 2. The average molecular weight is 518 g/mol. The van der Waals surface area contributed by atoms with Crippen LogP contribution < -0.4 is 15.0 Å². The number of H-pyrrole nitrogens is 1. The summed E-state index contributed by atoms with van der Waals surface area (Å²) < 4.78 is 18.0. The molecule has 1 fully saturated rings. The zero-order valence-electron chi connectivity index (χ0n) is 21.6. The first-order chi connectivity index (χ1) is 18.6. The number of pyridine rings is 1. The molecular weight excluding hydrogens is 486 g/mol. The van der Waals surface area contributed by atoms with Crippen LogP contribution in [-0.4, -0.2) is 81.7 Å². The standard InChI is InChI=1S/C27H31N7O4/c1-18-3-5-22-20(13-18)15-21(27(35)28-22)25(26-29-30-31-34(26)11-12-36-2)33-9-7-32(8-10-33)16-19-4-6-23-24(14-19)38-17-37-23/h3-6,13-15,25H,7-12,16-17H2,1-2H3,(H,28,35)/t25-/m0/s1. The molecule has 11 heteroatoms. The molecule has 198 valence electrons. The number of aromatic amines is 1. The van der Waals surface area contributed by atoms with Gasteiger partial charge in [-0.3, -0.25) is 14.6 Å². The van der Waals surface area contributed by atoms with Crippen molar-refractivity contribution in [1.29, 1.82) is 0 Å². The summed E-state index contributed by atoms with van der Waals surface area (Å²) in [6, 6.07) is 13.7. The molecule has 0 spiro atoms. The minimum absolute atomic E-state index is 0.129. The van der Waals surface area contributed by atoms with Crippen molar-refractivity contribution in [3.8, 4) is 11.5 Å². The van der Waals surface area contributed by atoms with E-state index in [4.69, 9.17) is 14.2 Å². The predicted octanol–water partition coefficient (Wildman–Crippen LogP) is 2.11. The molecule has 2 aliphatic rings. The fourth-order valence-corrected chi connectivity index (χ4v) is 5.27. The quantitative estimate of drug-likeness (QED) is 0.376. The molecular formula is C27H31N7O4. The summed E-state index contributed by atoms with van der Waals surface area (Å²) in [5.41, 5.74) is 3.64. The van der Waals surface area contributed by atoms with Crippen LogP contribution in [0.15, 0.2) is 47.3 Å². The maximum absolute atomic E-state index is 13.4. The normalized spacial score (nSPS) is 16.8. The lowest BCUT2D eigenvalue weighted by Crippen LogP contribution is -2.48. The summed E-state index contributed by atoms with van der Waals surface area (Å²) in [6.07, 6.45) is 0. The van der Waals surface area contributed by atoms with Crippen molar-refractivity contribution >= 4 is 10.9 Å². The van der Waals surface area contributed by atoms with Gasteiger partial charge in [-0.2, -0.15) is 0 Å². The second kappa shape index (κ2) is 10.5. The van der Waals surface area contributed by atoms with Crippen LogP contribution in [0.1, 0.15) is 28.6 Å². The smallest absolute Gasteiger partial charge is 0.253 e. The van der Waals surface area contributed by atoms with E-state index in [1.54, 1.807) is 11.8 Å². The first-order valence-corrected chi connectivity index (χ1v) is 12.8. The van der Waals surface area contributed by atoms with E-state index in [1.807, 2.05) is 31.2 Å². The summed E-state index contributed by atoms with van der Waals surface area (Å²) in [6.45, 7) is 7.32. The molecule has 0 aliphatic carbocycles. The molecule has 0 bridgehead atoms. The van der Waals surface area contributed by atoms with E-state index in [0.717, 1.165) is 60.7 Å². The molecule has 6 rings (SSSR count). The summed E-state index contributed by atoms with van der Waals surface area (Å²) in [4.78, 5) is 21.2. The fraction of sp³-hybridized carbons (Fsp3) is 0.407. The predicted molar refractivity (Wildman–Crippen MR) is 140 cm³/mol. The van der Waals surface area contributed by atoms with Crippen LogP contribution >= 0.6 is 0 Å². The van der Waals surface area contributed by atoms with Crippen molar-refractivity contribution in [2.45, 2.75) is 26.1 Å². The van der Waals surface area contributed by atoms with E-state index >= 15 is 0 Å². The van der Waals surface area contributed by atoms with Crippen LogP contribution in [0, 0.1) is 6.92 Å². The van der Waals surface area contributed by atoms with Gasteiger partial charge in [-0.05, 0) is 58.6 Å². The number of benzene rings is 2. The molecule has 38 heavy (non-hydrogen) atoms. The van der Waals surface area contributed by atoms with E-state index in [0.29, 0.717) is 24.5 Å². The third-order valence-corrected chi connectivity index (χ3v) is 7.25. The molecule has 4 heterocycles. The third kappa shape index (κ3) is 4.87. The van der Waals surface area contributed by atoms with Gasteiger partial charge in [-0.1, -0.05) is 17.7 Å². The van der Waals surface area contributed by atoms with Crippen molar-refractivity contribution in [3.63, 3.8) is 0 Å². The van der Waals surface area contributed by atoms with Gasteiger partial charge in [0.1, 0.15) is 6.04 Å². The van der Waals surface area contributed by atoms with Crippen LogP contribution in [-0.2, 0) is 17.8 Å². The number of tetrazole rings is 1. The molecule has 1 atom stereocenters. The zero-order valence-corrected chi connectivity index (χ0v) is 21.6. The van der Waals surface area contributed by atoms with Gasteiger partial charge in [0.15, 0.2) is 17.3 Å². The van der Waals surface area contributed by atoms with Crippen molar-refractivity contribution in [3.05, 3.63) is 75.3 Å². The Hall–Kier alpha value is -3.80. The maximum Gasteiger partial charge on any atom is 0.253 e. The Morgan fingerprint density at radius 2 is 1.89 bits per heavy atom. The Kier molecular flexibility index (Phi) is 6.79. The number of aryl methyl sites for hydroxylation is 1. The van der Waals surface area contributed by atoms with Gasteiger partial charge in [0.25, 0.3) is 5.56 Å². The third-order valence-electron chi connectivity index (χ3n) is 7.25. The Morgan fingerprint density at radius 3 is 2.74 bits per heavy atom. The lowest BCUT2D eigenvalue weighted by atomic mass is 10.0. The van der Waals surface area contributed by atoms with Gasteiger partial charge in [0, 0.05) is 50.9 Å². The molecule has 0 amide bonds. The van der Waals surface area contributed by atoms with Gasteiger partial charge >= 0.3 is 0 Å². The monoisotopic (exact) mass is 517 g/mol. The number of nitrogens with zero attached hydrogens (tertiary/aromatic N) is 6. The maximum atomic E-state index is 13.4. The lowest BCUT2D eigenvalue weighted by molar-refractivity contribution is 0.0984. The van der Waals surface area contributed by atoms with E-state index in [-0.39, 0.29) is 18.4 Å². The lowest BCUT2D eigenvalue weighted by Gasteiger charge is -2.38. The second-order valence-corrected chi connectivity index (χ2v) is 9.80. The highest BCUT2D eigenvalue weighted by atomic mass is 16.7. The summed E-state index contributed by atoms with van der Waals surface area (Å²) in [7, 11) is 1.65. The van der Waals surface area contributed by atoms with E-state index < -0.39 is 0 Å². The number of aromatic nitrogens is 5. The van der Waals surface area contributed by atoms with Gasteiger partial charge in [-0.15, -0.1) is 5.10 Å². The molecule has 0 saturated carbocycles.